The quantitative estimate of drug-likeness (QED) is 0.661. The van der Waals surface area contributed by atoms with E-state index < -0.39 is 5.97 Å². The number of nitrogen functional groups attached to an aromatic ring is 1. The molecule has 0 fully saturated rings. The van der Waals surface area contributed by atoms with Gasteiger partial charge in [0.15, 0.2) is 0 Å². The van der Waals surface area contributed by atoms with Gasteiger partial charge in [0.2, 0.25) is 0 Å². The molecule has 0 atom stereocenters. The minimum atomic E-state index is -0.492. The smallest absolute Gasteiger partial charge is 0.340 e. The van der Waals surface area contributed by atoms with Crippen LogP contribution in [0.25, 0.3) is 0 Å². The molecular formula is C14H12Cl2N2O2. The van der Waals surface area contributed by atoms with Crippen molar-refractivity contribution >= 4 is 46.2 Å². The Bertz CT molecular complexity index is 660. The number of carbonyl (C=O) groups is 1. The normalized spacial score (nSPS) is 10.2. The molecule has 0 spiro atoms. The Labute approximate surface area is 126 Å². The van der Waals surface area contributed by atoms with Crippen molar-refractivity contribution in [3.8, 4) is 0 Å². The summed E-state index contributed by atoms with van der Waals surface area (Å²) in [5, 5.41) is 4.06. The van der Waals surface area contributed by atoms with E-state index in [1.54, 1.807) is 36.4 Å². The lowest BCUT2D eigenvalue weighted by Crippen LogP contribution is -2.07. The van der Waals surface area contributed by atoms with Crippen molar-refractivity contribution in [2.45, 2.75) is 0 Å². The van der Waals surface area contributed by atoms with Crippen LogP contribution in [0, 0.1) is 0 Å². The van der Waals surface area contributed by atoms with Crippen LogP contribution >= 0.6 is 23.2 Å². The molecule has 4 nitrogen and oxygen atoms in total. The third-order valence-corrected chi connectivity index (χ3v) is 3.26. The van der Waals surface area contributed by atoms with Crippen LogP contribution in [-0.2, 0) is 4.74 Å². The van der Waals surface area contributed by atoms with Crippen LogP contribution in [0.3, 0.4) is 0 Å². The molecule has 0 saturated carbocycles. The first kappa shape index (κ1) is 14.5. The van der Waals surface area contributed by atoms with Crippen molar-refractivity contribution in [1.29, 1.82) is 0 Å². The Hall–Kier alpha value is -1.91. The van der Waals surface area contributed by atoms with Crippen molar-refractivity contribution in [3.05, 3.63) is 52.0 Å². The summed E-state index contributed by atoms with van der Waals surface area (Å²) in [7, 11) is 1.30. The number of esters is 1. The summed E-state index contributed by atoms with van der Waals surface area (Å²) in [6.07, 6.45) is 0. The Kier molecular flexibility index (Phi) is 4.37. The van der Waals surface area contributed by atoms with Gasteiger partial charge in [-0.2, -0.15) is 0 Å². The fourth-order valence-electron chi connectivity index (χ4n) is 1.70. The van der Waals surface area contributed by atoms with Gasteiger partial charge < -0.3 is 15.8 Å². The number of hydrogen-bond acceptors (Lipinski definition) is 4. The monoisotopic (exact) mass is 310 g/mol. The lowest BCUT2D eigenvalue weighted by Gasteiger charge is -2.13. The maximum absolute atomic E-state index is 11.6. The molecule has 0 aliphatic rings. The van der Waals surface area contributed by atoms with Crippen LogP contribution in [0.15, 0.2) is 36.4 Å². The SMILES string of the molecule is COC(=O)c1cccc(Nc2ccc(Cl)cc2Cl)c1N. The summed E-state index contributed by atoms with van der Waals surface area (Å²) < 4.78 is 4.67. The molecule has 2 rings (SSSR count). The van der Waals surface area contributed by atoms with Gasteiger partial charge in [0, 0.05) is 5.02 Å². The lowest BCUT2D eigenvalue weighted by molar-refractivity contribution is 0.0602. The Morgan fingerprint density at radius 3 is 2.60 bits per heavy atom. The number of rotatable bonds is 3. The Morgan fingerprint density at radius 2 is 1.95 bits per heavy atom. The molecule has 0 aliphatic carbocycles. The predicted octanol–water partition coefficient (Wildman–Crippen LogP) is 4.11. The third-order valence-electron chi connectivity index (χ3n) is 2.71. The fourth-order valence-corrected chi connectivity index (χ4v) is 2.15. The van der Waals surface area contributed by atoms with Gasteiger partial charge in [-0.25, -0.2) is 4.79 Å². The number of para-hydroxylation sites is 1. The van der Waals surface area contributed by atoms with Crippen molar-refractivity contribution in [1.82, 2.24) is 0 Å². The van der Waals surface area contributed by atoms with Gasteiger partial charge in [0.05, 0.1) is 34.8 Å². The molecule has 0 aliphatic heterocycles. The van der Waals surface area contributed by atoms with Crippen molar-refractivity contribution in [2.24, 2.45) is 0 Å². The first-order valence-electron chi connectivity index (χ1n) is 5.72. The number of benzene rings is 2. The zero-order chi connectivity index (χ0) is 14.7. The van der Waals surface area contributed by atoms with Gasteiger partial charge in [-0.05, 0) is 30.3 Å². The zero-order valence-corrected chi connectivity index (χ0v) is 12.1. The highest BCUT2D eigenvalue weighted by atomic mass is 35.5. The van der Waals surface area contributed by atoms with Crippen LogP contribution in [-0.4, -0.2) is 13.1 Å². The molecular weight excluding hydrogens is 299 g/mol. The van der Waals surface area contributed by atoms with Gasteiger partial charge in [-0.15, -0.1) is 0 Å². The second kappa shape index (κ2) is 6.03. The molecule has 2 aromatic rings. The number of carbonyl (C=O) groups excluding carboxylic acids is 1. The summed E-state index contributed by atoms with van der Waals surface area (Å²) in [5.74, 6) is -0.492. The highest BCUT2D eigenvalue weighted by Gasteiger charge is 2.13. The standard InChI is InChI=1S/C14H12Cl2N2O2/c1-20-14(19)9-3-2-4-12(13(9)17)18-11-6-5-8(15)7-10(11)16/h2-7,18H,17H2,1H3. The van der Waals surface area contributed by atoms with E-state index in [-0.39, 0.29) is 0 Å². The van der Waals surface area contributed by atoms with Gasteiger partial charge in [0.25, 0.3) is 0 Å². The second-order valence-corrected chi connectivity index (χ2v) is 4.85. The van der Waals surface area contributed by atoms with Crippen LogP contribution in [0.4, 0.5) is 17.1 Å². The molecule has 2 aromatic carbocycles. The molecule has 20 heavy (non-hydrogen) atoms. The molecule has 0 heterocycles. The average molecular weight is 311 g/mol. The minimum absolute atomic E-state index is 0.294. The number of anilines is 3. The van der Waals surface area contributed by atoms with Crippen molar-refractivity contribution in [2.75, 3.05) is 18.2 Å². The van der Waals surface area contributed by atoms with Crippen molar-refractivity contribution < 1.29 is 9.53 Å². The summed E-state index contributed by atoms with van der Waals surface area (Å²) in [5.41, 5.74) is 7.76. The number of methoxy groups -OCH3 is 1. The van der Waals surface area contributed by atoms with Crippen LogP contribution in [0.1, 0.15) is 10.4 Å². The first-order chi connectivity index (χ1) is 9.52. The molecule has 0 saturated heterocycles. The topological polar surface area (TPSA) is 64.3 Å². The van der Waals surface area contributed by atoms with Crippen molar-refractivity contribution in [3.63, 3.8) is 0 Å². The molecule has 0 unspecified atom stereocenters. The van der Waals surface area contributed by atoms with E-state index in [4.69, 9.17) is 28.9 Å². The molecule has 3 N–H and O–H groups in total. The van der Waals surface area contributed by atoms with Gasteiger partial charge in [-0.3, -0.25) is 0 Å². The maximum atomic E-state index is 11.6. The summed E-state index contributed by atoms with van der Waals surface area (Å²) in [6.45, 7) is 0. The Balaban J connectivity index is 2.37. The largest absolute Gasteiger partial charge is 0.465 e. The second-order valence-electron chi connectivity index (χ2n) is 4.01. The van der Waals surface area contributed by atoms with Crippen LogP contribution < -0.4 is 11.1 Å². The van der Waals surface area contributed by atoms with Gasteiger partial charge in [0.1, 0.15) is 0 Å². The number of nitrogens with two attached hydrogens (primary N) is 1. The van der Waals surface area contributed by atoms with E-state index in [0.717, 1.165) is 0 Å². The van der Waals surface area contributed by atoms with E-state index in [2.05, 4.69) is 10.1 Å². The predicted molar refractivity (Wildman–Crippen MR) is 81.9 cm³/mol. The van der Waals surface area contributed by atoms with Crippen LogP contribution in [0.5, 0.6) is 0 Å². The highest BCUT2D eigenvalue weighted by molar-refractivity contribution is 6.36. The van der Waals surface area contributed by atoms with Crippen LogP contribution in [0.2, 0.25) is 10.0 Å². The number of ether oxygens (including phenoxy) is 1. The molecule has 0 amide bonds. The van der Waals surface area contributed by atoms with E-state index in [1.807, 2.05) is 0 Å². The summed E-state index contributed by atoms with van der Waals surface area (Å²) >= 11 is 11.9. The average Bonchev–Trinajstić information content (AvgIpc) is 2.43. The summed E-state index contributed by atoms with van der Waals surface area (Å²) in [4.78, 5) is 11.6. The number of halogens is 2. The van der Waals surface area contributed by atoms with E-state index >= 15 is 0 Å². The van der Waals surface area contributed by atoms with Gasteiger partial charge in [-0.1, -0.05) is 29.3 Å². The number of hydrogen-bond donors (Lipinski definition) is 2. The molecule has 104 valence electrons. The summed E-state index contributed by atoms with van der Waals surface area (Å²) in [6, 6.07) is 10.1. The Morgan fingerprint density at radius 1 is 1.20 bits per heavy atom. The first-order valence-corrected chi connectivity index (χ1v) is 6.47. The molecule has 6 heteroatoms. The molecule has 0 bridgehead atoms. The van der Waals surface area contributed by atoms with E-state index in [9.17, 15) is 4.79 Å². The number of nitrogens with one attached hydrogen (secondary N) is 1. The minimum Gasteiger partial charge on any atom is -0.465 e. The molecule has 0 aromatic heterocycles. The fraction of sp³-hybridized carbons (Fsp3) is 0.0714. The van der Waals surface area contributed by atoms with Gasteiger partial charge >= 0.3 is 5.97 Å². The zero-order valence-electron chi connectivity index (χ0n) is 10.6. The van der Waals surface area contributed by atoms with E-state index in [1.165, 1.54) is 7.11 Å². The highest BCUT2D eigenvalue weighted by Crippen LogP contribution is 2.31. The maximum Gasteiger partial charge on any atom is 0.340 e. The lowest BCUT2D eigenvalue weighted by atomic mass is 10.1. The third kappa shape index (κ3) is 2.98. The molecule has 0 radical (unpaired) electrons. The van der Waals surface area contributed by atoms with E-state index in [0.29, 0.717) is 32.7 Å².